The van der Waals surface area contributed by atoms with Gasteiger partial charge in [-0.1, -0.05) is 0 Å². The van der Waals surface area contributed by atoms with Crippen molar-refractivity contribution in [3.05, 3.63) is 18.2 Å². The maximum absolute atomic E-state index is 11.9. The predicted molar refractivity (Wildman–Crippen MR) is 79.6 cm³/mol. The number of primary amides is 1. The molecular formula is C14H21N3O4. The van der Waals surface area contributed by atoms with E-state index in [0.29, 0.717) is 30.4 Å². The lowest BCUT2D eigenvalue weighted by Crippen LogP contribution is -2.44. The van der Waals surface area contributed by atoms with Crippen molar-refractivity contribution in [2.45, 2.75) is 26.8 Å². The summed E-state index contributed by atoms with van der Waals surface area (Å²) in [6.07, 6.45) is 0. The summed E-state index contributed by atoms with van der Waals surface area (Å²) in [4.78, 5) is 22.6. The van der Waals surface area contributed by atoms with Crippen LogP contribution in [0.1, 0.15) is 20.8 Å². The van der Waals surface area contributed by atoms with Crippen molar-refractivity contribution in [3.8, 4) is 11.5 Å². The van der Waals surface area contributed by atoms with Crippen LogP contribution in [0.3, 0.4) is 0 Å². The van der Waals surface area contributed by atoms with Gasteiger partial charge in [0.15, 0.2) is 11.5 Å². The first-order valence-corrected chi connectivity index (χ1v) is 6.74. The Labute approximate surface area is 123 Å². The molecule has 0 fully saturated rings. The summed E-state index contributed by atoms with van der Waals surface area (Å²) in [5.74, 6) is 0.786. The minimum Gasteiger partial charge on any atom is -0.490 e. The molecule has 1 rings (SSSR count). The van der Waals surface area contributed by atoms with Gasteiger partial charge < -0.3 is 25.8 Å². The molecule has 0 unspecified atom stereocenters. The molecule has 1 aromatic carbocycles. The van der Waals surface area contributed by atoms with Crippen LogP contribution in [0.25, 0.3) is 0 Å². The maximum Gasteiger partial charge on any atom is 0.312 e. The lowest BCUT2D eigenvalue weighted by Gasteiger charge is -2.15. The molecule has 7 heteroatoms. The van der Waals surface area contributed by atoms with Crippen LogP contribution in [0.5, 0.6) is 11.5 Å². The molecular weight excluding hydrogens is 274 g/mol. The van der Waals surface area contributed by atoms with E-state index in [0.717, 1.165) is 0 Å². The predicted octanol–water partition coefficient (Wildman–Crippen LogP) is 1.48. The number of carbonyl (C=O) groups is 2. The number of carbonyl (C=O) groups excluding carboxylic acids is 2. The van der Waals surface area contributed by atoms with Gasteiger partial charge in [-0.15, -0.1) is 0 Å². The van der Waals surface area contributed by atoms with Gasteiger partial charge >= 0.3 is 6.03 Å². The first kappa shape index (κ1) is 16.6. The van der Waals surface area contributed by atoms with E-state index in [1.165, 1.54) is 6.92 Å². The molecule has 0 aromatic heterocycles. The molecule has 116 valence electrons. The number of anilines is 1. The minimum atomic E-state index is -0.751. The molecule has 0 bridgehead atoms. The lowest BCUT2D eigenvalue weighted by atomic mass is 10.2. The Balaban J connectivity index is 2.81. The summed E-state index contributed by atoms with van der Waals surface area (Å²) in [6.45, 7) is 6.28. The second-order valence-corrected chi connectivity index (χ2v) is 4.25. The number of hydrogen-bond donors (Lipinski definition) is 3. The summed E-state index contributed by atoms with van der Waals surface area (Å²) in [5.41, 5.74) is 5.52. The average molecular weight is 295 g/mol. The van der Waals surface area contributed by atoms with Crippen LogP contribution in [0.2, 0.25) is 0 Å². The van der Waals surface area contributed by atoms with Crippen LogP contribution >= 0.6 is 0 Å². The lowest BCUT2D eigenvalue weighted by molar-refractivity contribution is -0.117. The summed E-state index contributed by atoms with van der Waals surface area (Å²) >= 11 is 0. The zero-order valence-electron chi connectivity index (χ0n) is 12.4. The third kappa shape index (κ3) is 5.21. The van der Waals surface area contributed by atoms with E-state index in [9.17, 15) is 9.59 Å². The van der Waals surface area contributed by atoms with Gasteiger partial charge in [-0.3, -0.25) is 4.79 Å². The molecule has 4 N–H and O–H groups in total. The number of hydrogen-bond acceptors (Lipinski definition) is 4. The van der Waals surface area contributed by atoms with Crippen LogP contribution < -0.4 is 25.8 Å². The number of rotatable bonds is 7. The SMILES string of the molecule is CCOc1ccc(NC(=O)[C@H](C)NC(N)=O)cc1OCC. The van der Waals surface area contributed by atoms with Crippen molar-refractivity contribution < 1.29 is 19.1 Å². The summed E-state index contributed by atoms with van der Waals surface area (Å²) in [5, 5.41) is 4.98. The minimum absolute atomic E-state index is 0.375. The summed E-state index contributed by atoms with van der Waals surface area (Å²) in [7, 11) is 0. The van der Waals surface area contributed by atoms with E-state index < -0.39 is 12.1 Å². The van der Waals surface area contributed by atoms with Gasteiger partial charge in [0.25, 0.3) is 0 Å². The second-order valence-electron chi connectivity index (χ2n) is 4.25. The third-order valence-corrected chi connectivity index (χ3v) is 2.56. The second kappa shape index (κ2) is 7.98. The molecule has 0 spiro atoms. The van der Waals surface area contributed by atoms with Gasteiger partial charge in [0.05, 0.1) is 13.2 Å². The fraction of sp³-hybridized carbons (Fsp3) is 0.429. The Morgan fingerprint density at radius 2 is 1.81 bits per heavy atom. The van der Waals surface area contributed by atoms with Crippen molar-refractivity contribution in [1.29, 1.82) is 0 Å². The zero-order chi connectivity index (χ0) is 15.8. The Kier molecular flexibility index (Phi) is 6.32. The standard InChI is InChI=1S/C14H21N3O4/c1-4-20-11-7-6-10(8-12(11)21-5-2)17-13(18)9(3)16-14(15)19/h6-9H,4-5H2,1-3H3,(H,17,18)(H3,15,16,19)/t9-/m0/s1. The van der Waals surface area contributed by atoms with Crippen LogP contribution in [0.4, 0.5) is 10.5 Å². The van der Waals surface area contributed by atoms with Crippen LogP contribution in [0, 0.1) is 0 Å². The highest BCUT2D eigenvalue weighted by Gasteiger charge is 2.15. The number of nitrogens with one attached hydrogen (secondary N) is 2. The van der Waals surface area contributed by atoms with E-state index >= 15 is 0 Å². The van der Waals surface area contributed by atoms with E-state index in [-0.39, 0.29) is 5.91 Å². The van der Waals surface area contributed by atoms with E-state index in [4.69, 9.17) is 15.2 Å². The van der Waals surface area contributed by atoms with Crippen LogP contribution in [-0.2, 0) is 4.79 Å². The van der Waals surface area contributed by atoms with Gasteiger partial charge in [-0.05, 0) is 32.9 Å². The van der Waals surface area contributed by atoms with Crippen molar-refractivity contribution >= 4 is 17.6 Å². The number of amides is 3. The molecule has 21 heavy (non-hydrogen) atoms. The van der Waals surface area contributed by atoms with Crippen molar-refractivity contribution in [2.75, 3.05) is 18.5 Å². The third-order valence-electron chi connectivity index (χ3n) is 2.56. The van der Waals surface area contributed by atoms with Gasteiger partial charge in [-0.2, -0.15) is 0 Å². The molecule has 0 aliphatic carbocycles. The molecule has 1 atom stereocenters. The number of urea groups is 1. The molecule has 0 heterocycles. The van der Waals surface area contributed by atoms with Crippen molar-refractivity contribution in [2.24, 2.45) is 5.73 Å². The Hall–Kier alpha value is -2.44. The Bertz CT molecular complexity index is 505. The molecule has 0 aliphatic heterocycles. The Morgan fingerprint density at radius 3 is 2.38 bits per heavy atom. The number of nitrogens with two attached hydrogens (primary N) is 1. The highest BCUT2D eigenvalue weighted by molar-refractivity contribution is 5.96. The highest BCUT2D eigenvalue weighted by Crippen LogP contribution is 2.30. The number of ether oxygens (including phenoxy) is 2. The molecule has 1 aromatic rings. The molecule has 7 nitrogen and oxygen atoms in total. The normalized spacial score (nSPS) is 11.4. The zero-order valence-corrected chi connectivity index (χ0v) is 12.4. The van der Waals surface area contributed by atoms with Crippen molar-refractivity contribution in [1.82, 2.24) is 5.32 Å². The monoisotopic (exact) mass is 295 g/mol. The van der Waals surface area contributed by atoms with Crippen LogP contribution in [0.15, 0.2) is 18.2 Å². The van der Waals surface area contributed by atoms with E-state index in [1.54, 1.807) is 18.2 Å². The fourth-order valence-corrected chi connectivity index (χ4v) is 1.66. The fourth-order valence-electron chi connectivity index (χ4n) is 1.66. The maximum atomic E-state index is 11.9. The molecule has 3 amide bonds. The molecule has 0 aliphatic rings. The summed E-state index contributed by atoms with van der Waals surface area (Å²) in [6, 6.07) is 3.60. The number of benzene rings is 1. The quantitative estimate of drug-likeness (QED) is 0.709. The van der Waals surface area contributed by atoms with Gasteiger partial charge in [0, 0.05) is 11.8 Å². The van der Waals surface area contributed by atoms with Gasteiger partial charge in [-0.25, -0.2) is 4.79 Å². The topological polar surface area (TPSA) is 103 Å². The average Bonchev–Trinajstić information content (AvgIpc) is 2.41. The van der Waals surface area contributed by atoms with E-state index in [1.807, 2.05) is 13.8 Å². The van der Waals surface area contributed by atoms with Crippen molar-refractivity contribution in [3.63, 3.8) is 0 Å². The van der Waals surface area contributed by atoms with Gasteiger partial charge in [0.2, 0.25) is 5.91 Å². The Morgan fingerprint density at radius 1 is 1.19 bits per heavy atom. The molecule has 0 saturated heterocycles. The van der Waals surface area contributed by atoms with Gasteiger partial charge in [0.1, 0.15) is 6.04 Å². The first-order valence-electron chi connectivity index (χ1n) is 6.74. The van der Waals surface area contributed by atoms with Crippen LogP contribution in [-0.4, -0.2) is 31.2 Å². The summed E-state index contributed by atoms with van der Waals surface area (Å²) < 4.78 is 10.9. The largest absolute Gasteiger partial charge is 0.490 e. The molecule has 0 saturated carbocycles. The highest BCUT2D eigenvalue weighted by atomic mass is 16.5. The first-order chi connectivity index (χ1) is 9.97. The van der Waals surface area contributed by atoms with E-state index in [2.05, 4.69) is 10.6 Å². The smallest absolute Gasteiger partial charge is 0.312 e. The molecule has 0 radical (unpaired) electrons.